The molecule has 2 heterocycles. The van der Waals surface area contributed by atoms with E-state index in [9.17, 15) is 4.79 Å². The monoisotopic (exact) mass is 352 g/mol. The Morgan fingerprint density at radius 2 is 1.92 bits per heavy atom. The van der Waals surface area contributed by atoms with Crippen molar-refractivity contribution in [2.45, 2.75) is 45.6 Å². The van der Waals surface area contributed by atoms with Crippen LogP contribution in [0.25, 0.3) is 0 Å². The van der Waals surface area contributed by atoms with Gasteiger partial charge in [-0.3, -0.25) is 0 Å². The standard InChI is InChI=1S/C21H28N4O/c1-16(2)18-8-4-5-9-19(18)24-21(26)23-15-17-10-11-22-20(14-17)25-12-6-3-7-13-25/h4-5,8-11,14,16H,3,6-7,12-13,15H2,1-2H3,(H2,23,24,26). The summed E-state index contributed by atoms with van der Waals surface area (Å²) in [6, 6.07) is 11.8. The number of anilines is 2. The van der Waals surface area contributed by atoms with E-state index < -0.39 is 0 Å². The van der Waals surface area contributed by atoms with Gasteiger partial charge in [-0.05, 0) is 54.5 Å². The lowest BCUT2D eigenvalue weighted by Gasteiger charge is -2.27. The summed E-state index contributed by atoms with van der Waals surface area (Å²) in [4.78, 5) is 19.1. The fourth-order valence-corrected chi connectivity index (χ4v) is 3.33. The van der Waals surface area contributed by atoms with Crippen molar-refractivity contribution in [1.29, 1.82) is 0 Å². The van der Waals surface area contributed by atoms with Gasteiger partial charge in [0.2, 0.25) is 0 Å². The maximum atomic E-state index is 12.3. The van der Waals surface area contributed by atoms with Gasteiger partial charge in [0.05, 0.1) is 0 Å². The first-order valence-corrected chi connectivity index (χ1v) is 9.47. The van der Waals surface area contributed by atoms with Crippen LogP contribution in [0.1, 0.15) is 50.2 Å². The van der Waals surface area contributed by atoms with Gasteiger partial charge in [0.15, 0.2) is 0 Å². The zero-order valence-corrected chi connectivity index (χ0v) is 15.7. The number of amides is 2. The molecular formula is C21H28N4O. The average Bonchev–Trinajstić information content (AvgIpc) is 2.67. The molecule has 5 nitrogen and oxygen atoms in total. The number of hydrogen-bond acceptors (Lipinski definition) is 3. The van der Waals surface area contributed by atoms with Gasteiger partial charge in [-0.2, -0.15) is 0 Å². The van der Waals surface area contributed by atoms with Gasteiger partial charge in [-0.15, -0.1) is 0 Å². The van der Waals surface area contributed by atoms with E-state index >= 15 is 0 Å². The lowest BCUT2D eigenvalue weighted by atomic mass is 10.0. The molecule has 1 aliphatic heterocycles. The molecule has 0 spiro atoms. The second-order valence-electron chi connectivity index (χ2n) is 7.12. The minimum atomic E-state index is -0.186. The Bertz CT molecular complexity index is 738. The van der Waals surface area contributed by atoms with Crippen molar-refractivity contribution in [3.63, 3.8) is 0 Å². The lowest BCUT2D eigenvalue weighted by molar-refractivity contribution is 0.251. The number of carbonyl (C=O) groups excluding carboxylic acids is 1. The molecule has 0 bridgehead atoms. The Morgan fingerprint density at radius 1 is 1.15 bits per heavy atom. The summed E-state index contributed by atoms with van der Waals surface area (Å²) < 4.78 is 0. The molecule has 1 aliphatic rings. The van der Waals surface area contributed by atoms with Gasteiger partial charge in [0, 0.05) is 31.5 Å². The number of rotatable bonds is 5. The van der Waals surface area contributed by atoms with E-state index in [0.29, 0.717) is 12.5 Å². The van der Waals surface area contributed by atoms with Gasteiger partial charge in [-0.1, -0.05) is 32.0 Å². The van der Waals surface area contributed by atoms with Crippen molar-refractivity contribution in [1.82, 2.24) is 10.3 Å². The molecule has 1 aromatic carbocycles. The van der Waals surface area contributed by atoms with Crippen LogP contribution in [-0.2, 0) is 6.54 Å². The highest BCUT2D eigenvalue weighted by Gasteiger charge is 2.13. The van der Waals surface area contributed by atoms with E-state index in [1.807, 2.05) is 36.5 Å². The Morgan fingerprint density at radius 3 is 2.69 bits per heavy atom. The van der Waals surface area contributed by atoms with Crippen LogP contribution >= 0.6 is 0 Å². The molecule has 2 amide bonds. The van der Waals surface area contributed by atoms with Crippen LogP contribution in [-0.4, -0.2) is 24.1 Å². The van der Waals surface area contributed by atoms with E-state index in [0.717, 1.165) is 35.7 Å². The zero-order valence-electron chi connectivity index (χ0n) is 15.7. The maximum Gasteiger partial charge on any atom is 0.319 e. The molecule has 0 radical (unpaired) electrons. The predicted molar refractivity (Wildman–Crippen MR) is 107 cm³/mol. The van der Waals surface area contributed by atoms with Gasteiger partial charge < -0.3 is 15.5 Å². The van der Waals surface area contributed by atoms with Crippen molar-refractivity contribution in [3.05, 3.63) is 53.7 Å². The molecule has 1 aromatic heterocycles. The first-order valence-electron chi connectivity index (χ1n) is 9.47. The van der Waals surface area contributed by atoms with Crippen molar-refractivity contribution < 1.29 is 4.79 Å². The van der Waals surface area contributed by atoms with E-state index in [1.165, 1.54) is 19.3 Å². The molecule has 138 valence electrons. The Hall–Kier alpha value is -2.56. The number of aromatic nitrogens is 1. The molecular weight excluding hydrogens is 324 g/mol. The van der Waals surface area contributed by atoms with Gasteiger partial charge in [0.25, 0.3) is 0 Å². The summed E-state index contributed by atoms with van der Waals surface area (Å²) in [5, 5.41) is 5.91. The average molecular weight is 352 g/mol. The molecule has 5 heteroatoms. The Balaban J connectivity index is 1.58. The molecule has 2 N–H and O–H groups in total. The molecule has 0 aliphatic carbocycles. The normalized spacial score (nSPS) is 14.3. The molecule has 1 saturated heterocycles. The Labute approximate surface area is 155 Å². The largest absolute Gasteiger partial charge is 0.357 e. The number of para-hydroxylation sites is 1. The molecule has 2 aromatic rings. The summed E-state index contributed by atoms with van der Waals surface area (Å²) in [5.74, 6) is 1.37. The molecule has 0 atom stereocenters. The number of piperidine rings is 1. The second kappa shape index (κ2) is 8.70. The highest BCUT2D eigenvalue weighted by atomic mass is 16.2. The number of benzene rings is 1. The van der Waals surface area contributed by atoms with Gasteiger partial charge in [-0.25, -0.2) is 9.78 Å². The molecule has 0 unspecified atom stereocenters. The topological polar surface area (TPSA) is 57.3 Å². The summed E-state index contributed by atoms with van der Waals surface area (Å²) in [5.41, 5.74) is 3.07. The van der Waals surface area contributed by atoms with Crippen LogP contribution in [0.15, 0.2) is 42.6 Å². The second-order valence-corrected chi connectivity index (χ2v) is 7.12. The van der Waals surface area contributed by atoms with Crippen molar-refractivity contribution in [2.75, 3.05) is 23.3 Å². The van der Waals surface area contributed by atoms with E-state index in [1.54, 1.807) is 0 Å². The van der Waals surface area contributed by atoms with Crippen LogP contribution in [0, 0.1) is 0 Å². The molecule has 0 saturated carbocycles. The fraction of sp³-hybridized carbons (Fsp3) is 0.429. The summed E-state index contributed by atoms with van der Waals surface area (Å²) in [6.45, 7) is 6.86. The smallest absolute Gasteiger partial charge is 0.319 e. The quantitative estimate of drug-likeness (QED) is 0.832. The first-order chi connectivity index (χ1) is 12.6. The van der Waals surface area contributed by atoms with Crippen molar-refractivity contribution >= 4 is 17.5 Å². The number of pyridine rings is 1. The maximum absolute atomic E-state index is 12.3. The zero-order chi connectivity index (χ0) is 18.4. The van der Waals surface area contributed by atoms with Crippen molar-refractivity contribution in [3.8, 4) is 0 Å². The van der Waals surface area contributed by atoms with Gasteiger partial charge in [0.1, 0.15) is 5.82 Å². The van der Waals surface area contributed by atoms with Crippen LogP contribution in [0.5, 0.6) is 0 Å². The lowest BCUT2D eigenvalue weighted by Crippen LogP contribution is -2.31. The third kappa shape index (κ3) is 4.75. The Kier molecular flexibility index (Phi) is 6.10. The number of nitrogens with one attached hydrogen (secondary N) is 2. The van der Waals surface area contributed by atoms with Crippen molar-refractivity contribution in [2.24, 2.45) is 0 Å². The fourth-order valence-electron chi connectivity index (χ4n) is 3.33. The summed E-state index contributed by atoms with van der Waals surface area (Å²) in [6.07, 6.45) is 5.58. The number of nitrogens with zero attached hydrogens (tertiary/aromatic N) is 2. The minimum absolute atomic E-state index is 0.186. The summed E-state index contributed by atoms with van der Waals surface area (Å²) in [7, 11) is 0. The molecule has 3 rings (SSSR count). The summed E-state index contributed by atoms with van der Waals surface area (Å²) >= 11 is 0. The van der Waals surface area contributed by atoms with Crippen LogP contribution < -0.4 is 15.5 Å². The molecule has 26 heavy (non-hydrogen) atoms. The highest BCUT2D eigenvalue weighted by Crippen LogP contribution is 2.23. The van der Waals surface area contributed by atoms with Crippen LogP contribution in [0.3, 0.4) is 0 Å². The minimum Gasteiger partial charge on any atom is -0.357 e. The van der Waals surface area contributed by atoms with E-state index in [4.69, 9.17) is 0 Å². The third-order valence-corrected chi connectivity index (χ3v) is 4.77. The van der Waals surface area contributed by atoms with Gasteiger partial charge >= 0.3 is 6.03 Å². The molecule has 1 fully saturated rings. The predicted octanol–water partition coefficient (Wildman–Crippen LogP) is 4.52. The number of urea groups is 1. The van der Waals surface area contributed by atoms with Crippen LogP contribution in [0.2, 0.25) is 0 Å². The number of carbonyl (C=O) groups is 1. The highest BCUT2D eigenvalue weighted by molar-refractivity contribution is 5.90. The van der Waals surface area contributed by atoms with E-state index in [2.05, 4.69) is 40.4 Å². The SMILES string of the molecule is CC(C)c1ccccc1NC(=O)NCc1ccnc(N2CCCCC2)c1. The third-order valence-electron chi connectivity index (χ3n) is 4.77. The van der Waals surface area contributed by atoms with Crippen LogP contribution in [0.4, 0.5) is 16.3 Å². The first kappa shape index (κ1) is 18.2. The number of hydrogen-bond donors (Lipinski definition) is 2. The van der Waals surface area contributed by atoms with E-state index in [-0.39, 0.29) is 6.03 Å².